The minimum absolute atomic E-state index is 0.0976. The van der Waals surface area contributed by atoms with Gasteiger partial charge >= 0.3 is 6.03 Å². The van der Waals surface area contributed by atoms with Crippen LogP contribution in [-0.2, 0) is 0 Å². The van der Waals surface area contributed by atoms with E-state index in [1.807, 2.05) is 0 Å². The summed E-state index contributed by atoms with van der Waals surface area (Å²) in [6, 6.07) is 3.79. The zero-order chi connectivity index (χ0) is 14.7. The first-order valence-corrected chi connectivity index (χ1v) is 6.85. The number of nitrogens with zero attached hydrogens (tertiary/aromatic N) is 2. The number of hydrogen-bond donors (Lipinski definition) is 1. The molecule has 1 N–H and O–H groups in total. The monoisotopic (exact) mass is 297 g/mol. The zero-order valence-electron chi connectivity index (χ0n) is 11.1. The van der Waals surface area contributed by atoms with E-state index in [1.165, 1.54) is 18.2 Å². The number of anilines is 1. The number of benzene rings is 1. The van der Waals surface area contributed by atoms with Crippen LogP contribution in [0.1, 0.15) is 19.8 Å². The molecule has 0 bridgehead atoms. The number of carbonyl (C=O) groups excluding carboxylic acids is 1. The quantitative estimate of drug-likeness (QED) is 0.670. The highest BCUT2D eigenvalue weighted by Gasteiger charge is 2.21. The van der Waals surface area contributed by atoms with Gasteiger partial charge in [-0.05, 0) is 24.8 Å². The Morgan fingerprint density at radius 2 is 2.30 bits per heavy atom. The van der Waals surface area contributed by atoms with Crippen molar-refractivity contribution in [2.45, 2.75) is 19.8 Å². The lowest BCUT2D eigenvalue weighted by Gasteiger charge is -2.31. The third kappa shape index (κ3) is 3.39. The molecule has 20 heavy (non-hydrogen) atoms. The lowest BCUT2D eigenvalue weighted by molar-refractivity contribution is -0.384. The van der Waals surface area contributed by atoms with Gasteiger partial charge in [0.2, 0.25) is 0 Å². The number of likely N-dealkylation sites (tertiary alicyclic amines) is 1. The maximum Gasteiger partial charge on any atom is 0.321 e. The zero-order valence-corrected chi connectivity index (χ0v) is 11.9. The van der Waals surface area contributed by atoms with Gasteiger partial charge in [0.15, 0.2) is 0 Å². The number of rotatable bonds is 2. The number of halogens is 1. The number of non-ortho nitro benzene ring substituents is 1. The van der Waals surface area contributed by atoms with Crippen molar-refractivity contribution in [3.05, 3.63) is 33.3 Å². The normalized spacial score (nSPS) is 18.7. The predicted molar refractivity (Wildman–Crippen MR) is 77.1 cm³/mol. The molecule has 1 unspecified atom stereocenters. The van der Waals surface area contributed by atoms with E-state index in [9.17, 15) is 14.9 Å². The summed E-state index contributed by atoms with van der Waals surface area (Å²) < 4.78 is 0. The summed E-state index contributed by atoms with van der Waals surface area (Å²) in [5, 5.41) is 13.5. The van der Waals surface area contributed by atoms with E-state index < -0.39 is 4.92 Å². The Kier molecular flexibility index (Phi) is 4.44. The van der Waals surface area contributed by atoms with Crippen molar-refractivity contribution in [3.63, 3.8) is 0 Å². The van der Waals surface area contributed by atoms with Crippen LogP contribution in [0.4, 0.5) is 16.2 Å². The van der Waals surface area contributed by atoms with Crippen LogP contribution in [0.5, 0.6) is 0 Å². The van der Waals surface area contributed by atoms with Gasteiger partial charge in [0.1, 0.15) is 0 Å². The highest BCUT2D eigenvalue weighted by atomic mass is 35.5. The molecule has 7 heteroatoms. The van der Waals surface area contributed by atoms with E-state index >= 15 is 0 Å². The van der Waals surface area contributed by atoms with Crippen LogP contribution in [0.2, 0.25) is 5.02 Å². The van der Waals surface area contributed by atoms with E-state index in [1.54, 1.807) is 4.90 Å². The number of hydrogen-bond acceptors (Lipinski definition) is 3. The molecule has 0 aromatic heterocycles. The van der Waals surface area contributed by atoms with E-state index in [0.717, 1.165) is 25.9 Å². The largest absolute Gasteiger partial charge is 0.324 e. The molecule has 1 aromatic carbocycles. The molecule has 0 saturated carbocycles. The number of amides is 2. The second-order valence-electron chi connectivity index (χ2n) is 5.04. The minimum Gasteiger partial charge on any atom is -0.324 e. The summed E-state index contributed by atoms with van der Waals surface area (Å²) in [7, 11) is 0. The van der Waals surface area contributed by atoms with Gasteiger partial charge in [-0.25, -0.2) is 4.79 Å². The second-order valence-corrected chi connectivity index (χ2v) is 5.45. The van der Waals surface area contributed by atoms with Crippen LogP contribution < -0.4 is 5.32 Å². The molecule has 6 nitrogen and oxygen atoms in total. The summed E-state index contributed by atoms with van der Waals surface area (Å²) in [6.07, 6.45) is 2.12. The molecule has 2 rings (SSSR count). The number of piperidine rings is 1. The Morgan fingerprint density at radius 1 is 1.55 bits per heavy atom. The number of nitro groups is 1. The molecule has 0 spiro atoms. The molecule has 0 aliphatic carbocycles. The fourth-order valence-electron chi connectivity index (χ4n) is 2.29. The summed E-state index contributed by atoms with van der Waals surface area (Å²) in [5.41, 5.74) is 0.292. The fourth-order valence-corrected chi connectivity index (χ4v) is 2.51. The molecule has 1 fully saturated rings. The average Bonchev–Trinajstić information content (AvgIpc) is 2.40. The van der Waals surface area contributed by atoms with Crippen molar-refractivity contribution in [1.82, 2.24) is 4.90 Å². The lowest BCUT2D eigenvalue weighted by Crippen LogP contribution is -2.41. The van der Waals surface area contributed by atoms with Gasteiger partial charge in [-0.15, -0.1) is 0 Å². The summed E-state index contributed by atoms with van der Waals surface area (Å²) in [5.74, 6) is 0.488. The maximum atomic E-state index is 12.1. The van der Waals surface area contributed by atoms with Crippen molar-refractivity contribution in [3.8, 4) is 0 Å². The SMILES string of the molecule is CC1CCCN(C(=O)Nc2ccc([N+](=O)[O-])cc2Cl)C1. The van der Waals surface area contributed by atoms with Gasteiger partial charge in [-0.3, -0.25) is 10.1 Å². The molecule has 0 radical (unpaired) electrons. The van der Waals surface area contributed by atoms with Crippen LogP contribution >= 0.6 is 11.6 Å². The molecular weight excluding hydrogens is 282 g/mol. The number of nitro benzene ring substituents is 1. The third-order valence-electron chi connectivity index (χ3n) is 3.35. The Hall–Kier alpha value is -1.82. The first-order valence-electron chi connectivity index (χ1n) is 6.47. The smallest absolute Gasteiger partial charge is 0.321 e. The highest BCUT2D eigenvalue weighted by molar-refractivity contribution is 6.33. The van der Waals surface area contributed by atoms with Crippen LogP contribution in [0.15, 0.2) is 18.2 Å². The molecule has 2 amide bonds. The molecule has 1 aromatic rings. The van der Waals surface area contributed by atoms with Crippen molar-refractivity contribution in [2.75, 3.05) is 18.4 Å². The molecule has 1 atom stereocenters. The van der Waals surface area contributed by atoms with Crippen LogP contribution in [0.25, 0.3) is 0 Å². The van der Waals surface area contributed by atoms with E-state index in [2.05, 4.69) is 12.2 Å². The molecule has 1 aliphatic heterocycles. The highest BCUT2D eigenvalue weighted by Crippen LogP contribution is 2.27. The van der Waals surface area contributed by atoms with Crippen molar-refractivity contribution in [1.29, 1.82) is 0 Å². The molecule has 1 aliphatic rings. The molecule has 1 heterocycles. The van der Waals surface area contributed by atoms with E-state index in [4.69, 9.17) is 11.6 Å². The van der Waals surface area contributed by atoms with Gasteiger partial charge in [0, 0.05) is 25.2 Å². The number of urea groups is 1. The predicted octanol–water partition coefficient (Wildman–Crippen LogP) is 3.51. The average molecular weight is 298 g/mol. The van der Waals surface area contributed by atoms with Crippen molar-refractivity contribution < 1.29 is 9.72 Å². The standard InChI is InChI=1S/C13H16ClN3O3/c1-9-3-2-6-16(8-9)13(18)15-12-5-4-10(17(19)20)7-11(12)14/h4-5,7,9H,2-3,6,8H2,1H3,(H,15,18). The van der Waals surface area contributed by atoms with Gasteiger partial charge in [0.05, 0.1) is 15.6 Å². The van der Waals surface area contributed by atoms with Crippen LogP contribution in [0.3, 0.4) is 0 Å². The third-order valence-corrected chi connectivity index (χ3v) is 3.66. The minimum atomic E-state index is -0.524. The molecule has 108 valence electrons. The number of nitrogens with one attached hydrogen (secondary N) is 1. The maximum absolute atomic E-state index is 12.1. The van der Waals surface area contributed by atoms with Gasteiger partial charge in [-0.2, -0.15) is 0 Å². The van der Waals surface area contributed by atoms with Gasteiger partial charge in [-0.1, -0.05) is 18.5 Å². The Balaban J connectivity index is 2.06. The lowest BCUT2D eigenvalue weighted by atomic mass is 10.0. The van der Waals surface area contributed by atoms with Gasteiger partial charge < -0.3 is 10.2 Å². The van der Waals surface area contributed by atoms with Crippen molar-refractivity contribution >= 4 is 29.0 Å². The first kappa shape index (κ1) is 14.6. The summed E-state index contributed by atoms with van der Waals surface area (Å²) in [4.78, 5) is 23.9. The van der Waals surface area contributed by atoms with Crippen LogP contribution in [0, 0.1) is 16.0 Å². The fraction of sp³-hybridized carbons (Fsp3) is 0.462. The van der Waals surface area contributed by atoms with E-state index in [-0.39, 0.29) is 16.7 Å². The summed E-state index contributed by atoms with van der Waals surface area (Å²) >= 11 is 5.95. The number of carbonyl (C=O) groups is 1. The second kappa shape index (κ2) is 6.09. The Morgan fingerprint density at radius 3 is 2.90 bits per heavy atom. The van der Waals surface area contributed by atoms with Gasteiger partial charge in [0.25, 0.3) is 5.69 Å². The first-order chi connectivity index (χ1) is 9.47. The van der Waals surface area contributed by atoms with Crippen LogP contribution in [-0.4, -0.2) is 28.9 Å². The van der Waals surface area contributed by atoms with Crippen molar-refractivity contribution in [2.24, 2.45) is 5.92 Å². The Bertz CT molecular complexity index is 536. The molecular formula is C13H16ClN3O3. The van der Waals surface area contributed by atoms with E-state index in [0.29, 0.717) is 11.6 Å². The topological polar surface area (TPSA) is 75.5 Å². The molecule has 1 saturated heterocycles. The summed E-state index contributed by atoms with van der Waals surface area (Å²) in [6.45, 7) is 3.55. The Labute approximate surface area is 121 Å².